The fourth-order valence-corrected chi connectivity index (χ4v) is 2.19. The number of alkyl halides is 3. The summed E-state index contributed by atoms with van der Waals surface area (Å²) < 4.78 is 36.8. The van der Waals surface area contributed by atoms with Gasteiger partial charge in [0.2, 0.25) is 0 Å². The van der Waals surface area contributed by atoms with Gasteiger partial charge < -0.3 is 5.73 Å². The molecule has 0 fully saturated rings. The molecule has 15 heavy (non-hydrogen) atoms. The Morgan fingerprint density at radius 3 is 2.20 bits per heavy atom. The number of nitrogens with two attached hydrogens (primary N) is 1. The first-order chi connectivity index (χ1) is 6.91. The molecule has 0 amide bonds. The monoisotopic (exact) mass is 217 g/mol. The number of hydrogen-bond donors (Lipinski definition) is 1. The van der Waals surface area contributed by atoms with Crippen molar-refractivity contribution in [2.75, 3.05) is 0 Å². The number of hydrogen-bond acceptors (Lipinski definition) is 2. The van der Waals surface area contributed by atoms with Gasteiger partial charge in [0.1, 0.15) is 0 Å². The number of ketones is 1. The Morgan fingerprint density at radius 2 is 1.80 bits per heavy atom. The molecule has 0 aromatic carbocycles. The first-order valence-electron chi connectivity index (χ1n) is 4.70. The van der Waals surface area contributed by atoms with Gasteiger partial charge in [-0.15, -0.1) is 0 Å². The highest BCUT2D eigenvalue weighted by molar-refractivity contribution is 6.01. The van der Waals surface area contributed by atoms with E-state index in [-0.39, 0.29) is 17.2 Å². The first-order valence-corrected chi connectivity index (χ1v) is 4.70. The van der Waals surface area contributed by atoms with Crippen LogP contribution >= 0.6 is 0 Å². The summed E-state index contributed by atoms with van der Waals surface area (Å²) in [5.41, 5.74) is 5.44. The van der Waals surface area contributed by atoms with Crippen molar-refractivity contribution in [3.05, 3.63) is 23.4 Å². The maximum Gasteiger partial charge on any atom is 0.454 e. The molecule has 0 aromatic rings. The molecule has 0 heterocycles. The largest absolute Gasteiger partial charge is 0.454 e. The normalized spacial score (nSPS) is 29.8. The Labute approximate surface area is 84.6 Å². The highest BCUT2D eigenvalue weighted by atomic mass is 19.4. The van der Waals surface area contributed by atoms with Crippen LogP contribution in [0, 0.1) is 11.8 Å². The average Bonchev–Trinajstić information content (AvgIpc) is 2.17. The molecule has 2 nitrogen and oxygen atoms in total. The Morgan fingerprint density at radius 1 is 1.27 bits per heavy atom. The maximum absolute atomic E-state index is 12.3. The van der Waals surface area contributed by atoms with Crippen LogP contribution in [-0.2, 0) is 4.79 Å². The molecule has 3 rings (SSSR count). The molecule has 0 saturated carbocycles. The van der Waals surface area contributed by atoms with Crippen molar-refractivity contribution in [3.63, 3.8) is 0 Å². The second-order valence-corrected chi connectivity index (χ2v) is 3.87. The van der Waals surface area contributed by atoms with E-state index >= 15 is 0 Å². The van der Waals surface area contributed by atoms with Crippen LogP contribution in [0.5, 0.6) is 0 Å². The zero-order chi connectivity index (χ0) is 11.2. The van der Waals surface area contributed by atoms with Crippen LogP contribution in [0.15, 0.2) is 23.4 Å². The Kier molecular flexibility index (Phi) is 2.13. The van der Waals surface area contributed by atoms with E-state index in [2.05, 4.69) is 0 Å². The van der Waals surface area contributed by atoms with Gasteiger partial charge in [-0.25, -0.2) is 0 Å². The van der Waals surface area contributed by atoms with E-state index in [9.17, 15) is 18.0 Å². The SMILES string of the molecule is NC1=C(C(=O)C(F)(F)F)C2C=CC1CC2. The van der Waals surface area contributed by atoms with Crippen LogP contribution < -0.4 is 5.73 Å². The minimum atomic E-state index is -4.81. The van der Waals surface area contributed by atoms with Crippen molar-refractivity contribution in [1.82, 2.24) is 0 Å². The quantitative estimate of drug-likeness (QED) is 0.682. The zero-order valence-electron chi connectivity index (χ0n) is 7.84. The van der Waals surface area contributed by atoms with Crippen molar-refractivity contribution in [2.24, 2.45) is 17.6 Å². The predicted molar refractivity (Wildman–Crippen MR) is 47.6 cm³/mol. The molecule has 0 spiro atoms. The van der Waals surface area contributed by atoms with E-state index in [0.717, 1.165) is 6.42 Å². The van der Waals surface area contributed by atoms with Crippen molar-refractivity contribution in [1.29, 1.82) is 0 Å². The summed E-state index contributed by atoms with van der Waals surface area (Å²) >= 11 is 0. The highest BCUT2D eigenvalue weighted by Gasteiger charge is 2.46. The number of carbonyl (C=O) groups is 1. The zero-order valence-corrected chi connectivity index (χ0v) is 7.84. The minimum Gasteiger partial charge on any atom is -0.401 e. The molecule has 3 aliphatic carbocycles. The van der Waals surface area contributed by atoms with Crippen LogP contribution in [0.2, 0.25) is 0 Å². The molecule has 3 aliphatic rings. The molecule has 0 aliphatic heterocycles. The molecule has 2 N–H and O–H groups in total. The first kappa shape index (κ1) is 10.3. The van der Waals surface area contributed by atoms with Crippen molar-refractivity contribution in [3.8, 4) is 0 Å². The fourth-order valence-electron chi connectivity index (χ4n) is 2.19. The van der Waals surface area contributed by atoms with Crippen LogP contribution in [0.25, 0.3) is 0 Å². The van der Waals surface area contributed by atoms with E-state index in [1.807, 2.05) is 0 Å². The number of Topliss-reactive ketones (excluding diaryl/α,β-unsaturated/α-hetero) is 1. The maximum atomic E-state index is 12.3. The van der Waals surface area contributed by atoms with Gasteiger partial charge in [0.25, 0.3) is 5.78 Å². The van der Waals surface area contributed by atoms with Crippen LogP contribution in [0.4, 0.5) is 13.2 Å². The standard InChI is InChI=1S/C10H10F3NO/c11-10(12,13)9(15)7-5-1-3-6(4-2-5)8(7)14/h1,3,5-6H,2,4,14H2. The second-order valence-electron chi connectivity index (χ2n) is 3.87. The molecule has 2 unspecified atom stereocenters. The number of halogens is 3. The predicted octanol–water partition coefficient (Wildman–Crippen LogP) is 1.93. The fraction of sp³-hybridized carbons (Fsp3) is 0.500. The molecule has 2 bridgehead atoms. The lowest BCUT2D eigenvalue weighted by Crippen LogP contribution is -2.36. The second kappa shape index (κ2) is 3.12. The summed E-state index contributed by atoms with van der Waals surface area (Å²) in [6.07, 6.45) is -0.0495. The van der Waals surface area contributed by atoms with Gasteiger partial charge >= 0.3 is 6.18 Å². The summed E-state index contributed by atoms with van der Waals surface area (Å²) in [6, 6.07) is 0. The van der Waals surface area contributed by atoms with E-state index in [0.29, 0.717) is 6.42 Å². The lowest BCUT2D eigenvalue weighted by Gasteiger charge is -2.33. The molecule has 2 atom stereocenters. The molecule has 0 saturated heterocycles. The van der Waals surface area contributed by atoms with Gasteiger partial charge in [-0.3, -0.25) is 4.79 Å². The van der Waals surface area contributed by atoms with Gasteiger partial charge in [-0.1, -0.05) is 12.2 Å². The van der Waals surface area contributed by atoms with Crippen LogP contribution in [0.3, 0.4) is 0 Å². The molecule has 5 heteroatoms. The van der Waals surface area contributed by atoms with E-state index in [1.54, 1.807) is 12.2 Å². The number of carbonyl (C=O) groups excluding carboxylic acids is 1. The summed E-state index contributed by atoms with van der Waals surface area (Å²) in [6.45, 7) is 0. The summed E-state index contributed by atoms with van der Waals surface area (Å²) in [7, 11) is 0. The molecule has 82 valence electrons. The molecule has 0 radical (unpaired) electrons. The van der Waals surface area contributed by atoms with Gasteiger partial charge in [0.15, 0.2) is 0 Å². The third-order valence-electron chi connectivity index (χ3n) is 2.95. The van der Waals surface area contributed by atoms with Gasteiger partial charge in [-0.05, 0) is 12.8 Å². The Hall–Kier alpha value is -1.26. The summed E-state index contributed by atoms with van der Waals surface area (Å²) in [5.74, 6) is -2.40. The van der Waals surface area contributed by atoms with Crippen molar-refractivity contribution < 1.29 is 18.0 Å². The highest BCUT2D eigenvalue weighted by Crippen LogP contribution is 2.41. The van der Waals surface area contributed by atoms with Gasteiger partial charge in [0, 0.05) is 23.1 Å². The summed E-state index contributed by atoms with van der Waals surface area (Å²) in [4.78, 5) is 11.1. The third-order valence-corrected chi connectivity index (χ3v) is 2.95. The van der Waals surface area contributed by atoms with Crippen molar-refractivity contribution >= 4 is 5.78 Å². The lowest BCUT2D eigenvalue weighted by molar-refractivity contribution is -0.167. The Balaban J connectivity index is 2.38. The third kappa shape index (κ3) is 1.56. The average molecular weight is 217 g/mol. The van der Waals surface area contributed by atoms with E-state index in [4.69, 9.17) is 5.73 Å². The van der Waals surface area contributed by atoms with E-state index < -0.39 is 17.9 Å². The summed E-state index contributed by atoms with van der Waals surface area (Å²) in [5, 5.41) is 0. The number of rotatable bonds is 1. The van der Waals surface area contributed by atoms with Crippen LogP contribution in [0.1, 0.15) is 12.8 Å². The molecule has 0 aromatic heterocycles. The molecular formula is C10H10F3NO. The van der Waals surface area contributed by atoms with Crippen LogP contribution in [-0.4, -0.2) is 12.0 Å². The lowest BCUT2D eigenvalue weighted by atomic mass is 9.73. The smallest absolute Gasteiger partial charge is 0.401 e. The number of allylic oxidation sites excluding steroid dienone is 3. The van der Waals surface area contributed by atoms with Gasteiger partial charge in [0.05, 0.1) is 0 Å². The van der Waals surface area contributed by atoms with Crippen molar-refractivity contribution in [2.45, 2.75) is 19.0 Å². The molecular weight excluding hydrogens is 207 g/mol. The number of fused-ring (bicyclic) bond motifs is 1. The Bertz CT molecular complexity index is 367. The van der Waals surface area contributed by atoms with E-state index in [1.165, 1.54) is 0 Å². The minimum absolute atomic E-state index is 0.107. The van der Waals surface area contributed by atoms with Gasteiger partial charge in [-0.2, -0.15) is 13.2 Å². The topological polar surface area (TPSA) is 43.1 Å².